The third-order valence-electron chi connectivity index (χ3n) is 2.48. The maximum Gasteiger partial charge on any atom is 0.317 e. The fourth-order valence-electron chi connectivity index (χ4n) is 1.59. The molecule has 0 radical (unpaired) electrons. The van der Waals surface area contributed by atoms with Gasteiger partial charge < -0.3 is 15.3 Å². The van der Waals surface area contributed by atoms with Crippen LogP contribution in [0.4, 0.5) is 4.79 Å². The van der Waals surface area contributed by atoms with Crippen LogP contribution in [-0.4, -0.2) is 39.7 Å². The first-order valence-electron chi connectivity index (χ1n) is 6.17. The van der Waals surface area contributed by atoms with Crippen LogP contribution in [0.1, 0.15) is 26.3 Å². The van der Waals surface area contributed by atoms with Gasteiger partial charge in [0.1, 0.15) is 5.15 Å². The molecular formula is C13H20ClN3O2. The van der Waals surface area contributed by atoms with Gasteiger partial charge in [-0.05, 0) is 32.4 Å². The van der Waals surface area contributed by atoms with E-state index in [-0.39, 0.29) is 12.6 Å². The predicted octanol–water partition coefficient (Wildman–Crippen LogP) is 2.04. The van der Waals surface area contributed by atoms with Crippen molar-refractivity contribution in [2.24, 2.45) is 0 Å². The maximum absolute atomic E-state index is 11.9. The zero-order chi connectivity index (χ0) is 14.5. The minimum Gasteiger partial charge on any atom is -0.389 e. The molecule has 1 aromatic rings. The van der Waals surface area contributed by atoms with E-state index in [4.69, 9.17) is 11.6 Å². The van der Waals surface area contributed by atoms with Gasteiger partial charge in [-0.1, -0.05) is 17.7 Å². The van der Waals surface area contributed by atoms with E-state index in [0.29, 0.717) is 18.2 Å². The smallest absolute Gasteiger partial charge is 0.317 e. The molecule has 0 aliphatic heterocycles. The zero-order valence-corrected chi connectivity index (χ0v) is 12.2. The average molecular weight is 286 g/mol. The molecule has 0 aliphatic rings. The van der Waals surface area contributed by atoms with E-state index in [1.807, 2.05) is 13.0 Å². The molecule has 2 N–H and O–H groups in total. The Hall–Kier alpha value is -1.33. The Morgan fingerprint density at radius 3 is 2.68 bits per heavy atom. The summed E-state index contributed by atoms with van der Waals surface area (Å²) in [4.78, 5) is 17.5. The van der Waals surface area contributed by atoms with Crippen LogP contribution in [0.2, 0.25) is 5.15 Å². The Balaban J connectivity index is 2.51. The highest BCUT2D eigenvalue weighted by Crippen LogP contribution is 2.07. The number of urea groups is 1. The van der Waals surface area contributed by atoms with E-state index < -0.39 is 5.60 Å². The number of carbonyl (C=O) groups is 1. The summed E-state index contributed by atoms with van der Waals surface area (Å²) in [5.74, 6) is 0. The third kappa shape index (κ3) is 5.89. The van der Waals surface area contributed by atoms with Gasteiger partial charge >= 0.3 is 6.03 Å². The average Bonchev–Trinajstić information content (AvgIpc) is 2.34. The second kappa shape index (κ2) is 6.73. The molecule has 106 valence electrons. The molecule has 1 rings (SSSR count). The van der Waals surface area contributed by atoms with Crippen molar-refractivity contribution in [3.63, 3.8) is 0 Å². The molecule has 0 aliphatic carbocycles. The van der Waals surface area contributed by atoms with Crippen molar-refractivity contribution in [2.45, 2.75) is 32.9 Å². The fraction of sp³-hybridized carbons (Fsp3) is 0.538. The van der Waals surface area contributed by atoms with Gasteiger partial charge in [-0.25, -0.2) is 9.78 Å². The summed E-state index contributed by atoms with van der Waals surface area (Å²) in [7, 11) is 0. The molecule has 0 saturated heterocycles. The highest BCUT2D eigenvalue weighted by Gasteiger charge is 2.20. The first-order valence-corrected chi connectivity index (χ1v) is 6.55. The summed E-state index contributed by atoms with van der Waals surface area (Å²) < 4.78 is 0. The molecule has 0 aromatic carbocycles. The van der Waals surface area contributed by atoms with Crippen LogP contribution in [0.3, 0.4) is 0 Å². The van der Waals surface area contributed by atoms with E-state index in [1.54, 1.807) is 31.0 Å². The van der Waals surface area contributed by atoms with E-state index >= 15 is 0 Å². The summed E-state index contributed by atoms with van der Waals surface area (Å²) in [5.41, 5.74) is -0.0353. The number of aromatic nitrogens is 1. The number of hydrogen-bond donors (Lipinski definition) is 2. The molecule has 0 saturated carbocycles. The maximum atomic E-state index is 11.9. The monoisotopic (exact) mass is 285 g/mol. The normalized spacial score (nSPS) is 11.2. The molecule has 1 aromatic heterocycles. The molecule has 1 heterocycles. The van der Waals surface area contributed by atoms with Crippen LogP contribution in [0.25, 0.3) is 0 Å². The van der Waals surface area contributed by atoms with Crippen molar-refractivity contribution in [3.05, 3.63) is 29.0 Å². The second-order valence-corrected chi connectivity index (χ2v) is 5.36. The number of amides is 2. The molecule has 0 atom stereocenters. The van der Waals surface area contributed by atoms with Gasteiger partial charge in [-0.3, -0.25) is 0 Å². The van der Waals surface area contributed by atoms with Gasteiger partial charge in [-0.15, -0.1) is 0 Å². The molecular weight excluding hydrogens is 266 g/mol. The molecule has 0 bridgehead atoms. The topological polar surface area (TPSA) is 65.5 Å². The van der Waals surface area contributed by atoms with Gasteiger partial charge in [0.15, 0.2) is 0 Å². The van der Waals surface area contributed by atoms with Gasteiger partial charge in [0, 0.05) is 19.3 Å². The quantitative estimate of drug-likeness (QED) is 0.814. The number of rotatable bonds is 5. The fourth-order valence-corrected chi connectivity index (χ4v) is 1.71. The second-order valence-electron chi connectivity index (χ2n) is 4.97. The van der Waals surface area contributed by atoms with E-state index in [1.165, 1.54) is 0 Å². The minimum absolute atomic E-state index is 0.209. The summed E-state index contributed by atoms with van der Waals surface area (Å²) in [6.45, 7) is 6.42. The van der Waals surface area contributed by atoms with E-state index in [0.717, 1.165) is 5.56 Å². The van der Waals surface area contributed by atoms with Gasteiger partial charge in [0.05, 0.1) is 12.1 Å². The van der Waals surface area contributed by atoms with Crippen molar-refractivity contribution in [2.75, 3.05) is 13.1 Å². The highest BCUT2D eigenvalue weighted by molar-refractivity contribution is 6.29. The first kappa shape index (κ1) is 15.7. The predicted molar refractivity (Wildman–Crippen MR) is 75.0 cm³/mol. The Labute approximate surface area is 118 Å². The number of carbonyl (C=O) groups excluding carboxylic acids is 1. The van der Waals surface area contributed by atoms with Crippen LogP contribution in [0, 0.1) is 0 Å². The number of halogens is 1. The number of likely N-dealkylation sites (N-methyl/N-ethyl adjacent to an activating group) is 1. The lowest BCUT2D eigenvalue weighted by Gasteiger charge is -2.28. The van der Waals surface area contributed by atoms with Gasteiger partial charge in [0.25, 0.3) is 0 Å². The van der Waals surface area contributed by atoms with Crippen LogP contribution in [-0.2, 0) is 6.54 Å². The summed E-state index contributed by atoms with van der Waals surface area (Å²) in [5, 5.41) is 12.9. The lowest BCUT2D eigenvalue weighted by atomic mass is 10.1. The molecule has 5 nitrogen and oxygen atoms in total. The van der Waals surface area contributed by atoms with Crippen molar-refractivity contribution < 1.29 is 9.90 Å². The number of nitrogens with zero attached hydrogens (tertiary/aromatic N) is 2. The number of pyridine rings is 1. The molecule has 0 unspecified atom stereocenters. The zero-order valence-electron chi connectivity index (χ0n) is 11.5. The number of hydrogen-bond acceptors (Lipinski definition) is 3. The Morgan fingerprint density at radius 1 is 1.53 bits per heavy atom. The van der Waals surface area contributed by atoms with Crippen molar-refractivity contribution in [1.82, 2.24) is 15.2 Å². The Kier molecular flexibility index (Phi) is 5.57. The van der Waals surface area contributed by atoms with Crippen LogP contribution < -0.4 is 5.32 Å². The highest BCUT2D eigenvalue weighted by atomic mass is 35.5. The minimum atomic E-state index is -0.908. The third-order valence-corrected chi connectivity index (χ3v) is 2.70. The molecule has 19 heavy (non-hydrogen) atoms. The Morgan fingerprint density at radius 2 is 2.21 bits per heavy atom. The Bertz CT molecular complexity index is 415. The molecule has 0 fully saturated rings. The largest absolute Gasteiger partial charge is 0.389 e. The lowest BCUT2D eigenvalue weighted by Crippen LogP contribution is -2.46. The van der Waals surface area contributed by atoms with Crippen molar-refractivity contribution in [3.8, 4) is 0 Å². The van der Waals surface area contributed by atoms with Gasteiger partial charge in [-0.2, -0.15) is 0 Å². The standard InChI is InChI=1S/C13H20ClN3O2/c1-4-17(9-13(2,3)19)12(18)16-8-10-5-6-11(14)15-7-10/h5-7,19H,4,8-9H2,1-3H3,(H,16,18). The van der Waals surface area contributed by atoms with E-state index in [2.05, 4.69) is 10.3 Å². The van der Waals surface area contributed by atoms with E-state index in [9.17, 15) is 9.90 Å². The summed E-state index contributed by atoms with van der Waals surface area (Å²) in [6.07, 6.45) is 1.62. The van der Waals surface area contributed by atoms with Crippen LogP contribution in [0.5, 0.6) is 0 Å². The summed E-state index contributed by atoms with van der Waals surface area (Å²) in [6, 6.07) is 3.28. The number of aliphatic hydroxyl groups is 1. The summed E-state index contributed by atoms with van der Waals surface area (Å²) >= 11 is 5.69. The van der Waals surface area contributed by atoms with Crippen LogP contribution >= 0.6 is 11.6 Å². The molecule has 6 heteroatoms. The SMILES string of the molecule is CCN(CC(C)(C)O)C(=O)NCc1ccc(Cl)nc1. The van der Waals surface area contributed by atoms with Crippen molar-refractivity contribution >= 4 is 17.6 Å². The molecule has 0 spiro atoms. The lowest BCUT2D eigenvalue weighted by molar-refractivity contribution is 0.0480. The first-order chi connectivity index (χ1) is 8.81. The molecule has 2 amide bonds. The number of nitrogens with one attached hydrogen (secondary N) is 1. The van der Waals surface area contributed by atoms with Crippen LogP contribution in [0.15, 0.2) is 18.3 Å². The van der Waals surface area contributed by atoms with Crippen molar-refractivity contribution in [1.29, 1.82) is 0 Å². The van der Waals surface area contributed by atoms with Gasteiger partial charge in [0.2, 0.25) is 0 Å².